The van der Waals surface area contributed by atoms with Crippen LogP contribution < -0.4 is 0 Å². The van der Waals surface area contributed by atoms with E-state index in [2.05, 4.69) is 0 Å². The predicted molar refractivity (Wildman–Crippen MR) is 107 cm³/mol. The van der Waals surface area contributed by atoms with E-state index < -0.39 is 0 Å². The molecule has 29 heavy (non-hydrogen) atoms. The molecule has 8 heteroatoms. The van der Waals surface area contributed by atoms with Crippen molar-refractivity contribution < 1.29 is 33.2 Å². The van der Waals surface area contributed by atoms with Gasteiger partial charge < -0.3 is 28.4 Å². The molecule has 0 bridgehead atoms. The van der Waals surface area contributed by atoms with E-state index in [9.17, 15) is 4.79 Å². The monoisotopic (exact) mass is 434 g/mol. The van der Waals surface area contributed by atoms with Gasteiger partial charge in [-0.25, -0.2) is 0 Å². The fourth-order valence-corrected chi connectivity index (χ4v) is 5.32. The molecule has 7 unspecified atom stereocenters. The molecule has 0 N–H and O–H groups in total. The molecule has 3 fully saturated rings. The third-order valence-corrected chi connectivity index (χ3v) is 6.95. The van der Waals surface area contributed by atoms with Crippen molar-refractivity contribution in [3.8, 4) is 0 Å². The maximum Gasteiger partial charge on any atom is 0.305 e. The highest BCUT2D eigenvalue weighted by atomic mass is 35.5. The van der Waals surface area contributed by atoms with Gasteiger partial charge in [-0.15, -0.1) is 11.6 Å². The third kappa shape index (κ3) is 5.83. The van der Waals surface area contributed by atoms with Gasteiger partial charge in [0.25, 0.3) is 0 Å². The van der Waals surface area contributed by atoms with E-state index in [1.54, 1.807) is 14.2 Å². The number of methoxy groups -OCH3 is 3. The summed E-state index contributed by atoms with van der Waals surface area (Å²) in [4.78, 5) is 11.3. The molecule has 2 saturated heterocycles. The van der Waals surface area contributed by atoms with E-state index in [1.807, 2.05) is 0 Å². The molecule has 0 aromatic carbocycles. The number of hydrogen-bond donors (Lipinski definition) is 0. The highest BCUT2D eigenvalue weighted by Gasteiger charge is 2.54. The summed E-state index contributed by atoms with van der Waals surface area (Å²) in [6, 6.07) is 0. The Morgan fingerprint density at radius 3 is 2.62 bits per heavy atom. The zero-order valence-electron chi connectivity index (χ0n) is 17.7. The molecule has 2 heterocycles. The predicted octanol–water partition coefficient (Wildman–Crippen LogP) is 3.26. The fraction of sp³-hybridized carbons (Fsp3) is 0.952. The average Bonchev–Trinajstić information content (AvgIpc) is 3.28. The maximum absolute atomic E-state index is 11.3. The van der Waals surface area contributed by atoms with Crippen LogP contribution in [0.25, 0.3) is 0 Å². The van der Waals surface area contributed by atoms with Crippen LogP contribution in [0.1, 0.15) is 51.4 Å². The van der Waals surface area contributed by atoms with Crippen molar-refractivity contribution in [3.63, 3.8) is 0 Å². The van der Waals surface area contributed by atoms with Crippen molar-refractivity contribution in [1.29, 1.82) is 0 Å². The number of carbonyl (C=O) groups is 1. The number of esters is 1. The standard InChI is InChI=1S/C21H35ClO7/c1-24-18(23)8-6-7-14(22)16-11-13-15(28-16)12-17(20(13)21(25-2)26-3)29-19-9-4-5-10-27-19/h13-17,19-21H,4-12H2,1-3H3. The first-order valence-electron chi connectivity index (χ1n) is 10.8. The van der Waals surface area contributed by atoms with Crippen molar-refractivity contribution in [2.24, 2.45) is 11.8 Å². The second kappa shape index (κ2) is 11.3. The van der Waals surface area contributed by atoms with Gasteiger partial charge >= 0.3 is 5.97 Å². The van der Waals surface area contributed by atoms with E-state index in [0.29, 0.717) is 12.8 Å². The molecule has 168 valence electrons. The Bertz CT molecular complexity index is 509. The summed E-state index contributed by atoms with van der Waals surface area (Å²) in [6.45, 7) is 0.755. The van der Waals surface area contributed by atoms with Crippen LogP contribution in [0.2, 0.25) is 0 Å². The van der Waals surface area contributed by atoms with Gasteiger partial charge in [0.05, 0.1) is 30.8 Å². The van der Waals surface area contributed by atoms with Crippen LogP contribution in [-0.4, -0.2) is 70.2 Å². The minimum atomic E-state index is -0.353. The van der Waals surface area contributed by atoms with Gasteiger partial charge in [-0.2, -0.15) is 0 Å². The molecular formula is C21H35ClO7. The Balaban J connectivity index is 1.58. The largest absolute Gasteiger partial charge is 0.469 e. The summed E-state index contributed by atoms with van der Waals surface area (Å²) >= 11 is 6.62. The summed E-state index contributed by atoms with van der Waals surface area (Å²) in [5.74, 6) is 0.135. The summed E-state index contributed by atoms with van der Waals surface area (Å²) in [6.07, 6.45) is 6.10. The summed E-state index contributed by atoms with van der Waals surface area (Å²) < 4.78 is 34.4. The van der Waals surface area contributed by atoms with Gasteiger partial charge in [0, 0.05) is 39.6 Å². The summed E-state index contributed by atoms with van der Waals surface area (Å²) in [5.41, 5.74) is 0. The van der Waals surface area contributed by atoms with Crippen LogP contribution in [-0.2, 0) is 33.2 Å². The number of hydrogen-bond acceptors (Lipinski definition) is 7. The van der Waals surface area contributed by atoms with Gasteiger partial charge in [0.1, 0.15) is 0 Å². The lowest BCUT2D eigenvalue weighted by Crippen LogP contribution is -2.39. The molecule has 1 saturated carbocycles. The van der Waals surface area contributed by atoms with Crippen LogP contribution >= 0.6 is 11.6 Å². The molecule has 2 aliphatic heterocycles. The second-order valence-electron chi connectivity index (χ2n) is 8.22. The Labute approximate surface area is 178 Å². The molecule has 0 aromatic rings. The van der Waals surface area contributed by atoms with E-state index >= 15 is 0 Å². The smallest absolute Gasteiger partial charge is 0.305 e. The lowest BCUT2D eigenvalue weighted by atomic mass is 9.88. The zero-order valence-corrected chi connectivity index (χ0v) is 18.5. The van der Waals surface area contributed by atoms with E-state index in [-0.39, 0.29) is 54.1 Å². The quantitative estimate of drug-likeness (QED) is 0.297. The molecule has 7 nitrogen and oxygen atoms in total. The number of carbonyl (C=O) groups excluding carboxylic acids is 1. The van der Waals surface area contributed by atoms with Gasteiger partial charge in [-0.05, 0) is 44.4 Å². The molecule has 0 amide bonds. The van der Waals surface area contributed by atoms with Crippen LogP contribution in [0, 0.1) is 11.8 Å². The number of fused-ring (bicyclic) bond motifs is 1. The Morgan fingerprint density at radius 1 is 1.17 bits per heavy atom. The normalized spacial score (nSPS) is 35.6. The zero-order chi connectivity index (χ0) is 20.8. The molecule has 0 radical (unpaired) electrons. The lowest BCUT2D eigenvalue weighted by Gasteiger charge is -2.33. The average molecular weight is 435 g/mol. The molecule has 0 aromatic heterocycles. The van der Waals surface area contributed by atoms with E-state index in [1.165, 1.54) is 7.11 Å². The Kier molecular flexibility index (Phi) is 9.02. The molecule has 7 atom stereocenters. The van der Waals surface area contributed by atoms with Crippen LogP contribution in [0.15, 0.2) is 0 Å². The number of ether oxygens (including phenoxy) is 6. The molecule has 3 rings (SSSR count). The minimum Gasteiger partial charge on any atom is -0.469 e. The van der Waals surface area contributed by atoms with Gasteiger partial charge in [0.2, 0.25) is 0 Å². The van der Waals surface area contributed by atoms with Crippen molar-refractivity contribution in [1.82, 2.24) is 0 Å². The van der Waals surface area contributed by atoms with Gasteiger partial charge in [0.15, 0.2) is 12.6 Å². The van der Waals surface area contributed by atoms with Crippen molar-refractivity contribution >= 4 is 17.6 Å². The topological polar surface area (TPSA) is 72.5 Å². The highest BCUT2D eigenvalue weighted by Crippen LogP contribution is 2.48. The first kappa shape index (κ1) is 23.2. The van der Waals surface area contributed by atoms with Gasteiger partial charge in [-0.1, -0.05) is 0 Å². The van der Waals surface area contributed by atoms with Crippen LogP contribution in [0.5, 0.6) is 0 Å². The van der Waals surface area contributed by atoms with Crippen molar-refractivity contribution in [2.45, 2.75) is 87.6 Å². The Hall–Kier alpha value is -0.440. The highest BCUT2D eigenvalue weighted by molar-refractivity contribution is 6.21. The third-order valence-electron chi connectivity index (χ3n) is 6.46. The molecule has 3 aliphatic rings. The Morgan fingerprint density at radius 2 is 1.97 bits per heavy atom. The summed E-state index contributed by atoms with van der Waals surface area (Å²) in [5, 5.41) is -0.129. The van der Waals surface area contributed by atoms with Crippen LogP contribution in [0.3, 0.4) is 0 Å². The molecule has 0 spiro atoms. The SMILES string of the molecule is COC(=O)CCCC(Cl)C1CC2C(CC(OC3CCCCO3)C2C(OC)OC)O1. The number of rotatable bonds is 10. The fourth-order valence-electron chi connectivity index (χ4n) is 5.01. The van der Waals surface area contributed by atoms with Crippen molar-refractivity contribution in [3.05, 3.63) is 0 Å². The molecular weight excluding hydrogens is 400 g/mol. The van der Waals surface area contributed by atoms with Gasteiger partial charge in [-0.3, -0.25) is 4.79 Å². The lowest BCUT2D eigenvalue weighted by molar-refractivity contribution is -0.227. The first-order chi connectivity index (χ1) is 14.1. The first-order valence-corrected chi connectivity index (χ1v) is 11.2. The summed E-state index contributed by atoms with van der Waals surface area (Å²) in [7, 11) is 4.74. The molecule has 1 aliphatic carbocycles. The number of halogens is 1. The van der Waals surface area contributed by atoms with E-state index in [0.717, 1.165) is 45.1 Å². The number of alkyl halides is 1. The van der Waals surface area contributed by atoms with E-state index in [4.69, 9.17) is 40.0 Å². The van der Waals surface area contributed by atoms with Crippen molar-refractivity contribution in [2.75, 3.05) is 27.9 Å². The van der Waals surface area contributed by atoms with Crippen LogP contribution in [0.4, 0.5) is 0 Å². The maximum atomic E-state index is 11.3. The second-order valence-corrected chi connectivity index (χ2v) is 8.78. The minimum absolute atomic E-state index is 0.0213.